The van der Waals surface area contributed by atoms with E-state index < -0.39 is 23.3 Å². The largest absolute Gasteiger partial charge is 0.473 e. The molecule has 0 spiro atoms. The second-order valence-electron chi connectivity index (χ2n) is 7.60. The number of carbonyl (C=O) groups is 1. The molecule has 0 saturated heterocycles. The first-order valence-corrected chi connectivity index (χ1v) is 10.2. The highest BCUT2D eigenvalue weighted by atomic mass is 19.3. The van der Waals surface area contributed by atoms with Crippen LogP contribution >= 0.6 is 0 Å². The minimum absolute atomic E-state index is 0.0551. The molecule has 3 aromatic rings. The van der Waals surface area contributed by atoms with Crippen LogP contribution in [0.2, 0.25) is 0 Å². The van der Waals surface area contributed by atoms with Gasteiger partial charge in [-0.3, -0.25) is 9.48 Å². The van der Waals surface area contributed by atoms with Gasteiger partial charge in [-0.1, -0.05) is 18.2 Å². The first-order valence-electron chi connectivity index (χ1n) is 10.2. The molecule has 0 saturated carbocycles. The number of nitrogens with zero attached hydrogens (tertiary/aromatic N) is 4. The maximum atomic E-state index is 14.2. The number of carbonyl (C=O) groups excluding carboxylic acids is 1. The predicted molar refractivity (Wildman–Crippen MR) is 114 cm³/mol. The first kappa shape index (κ1) is 23.3. The number of alkyl halides is 2. The number of amides is 1. The molecule has 1 aromatic carbocycles. The standard InChI is InChI=1S/C23H25F3N4O2/c1-5-30(15(2)14-32-21-20(24)10-17(12-27-21)23(3,25)26)22(31)19-9-7-6-8-18(19)16-11-28-29(4)13-16/h6-13,15H,5,14H2,1-4H3/t15-/m0/s1. The van der Waals surface area contributed by atoms with Crippen LogP contribution in [0.4, 0.5) is 13.2 Å². The summed E-state index contributed by atoms with van der Waals surface area (Å²) < 4.78 is 47.9. The lowest BCUT2D eigenvalue weighted by molar-refractivity contribution is 0.0165. The van der Waals surface area contributed by atoms with E-state index in [0.29, 0.717) is 25.1 Å². The molecule has 0 bridgehead atoms. The number of ether oxygens (including phenoxy) is 1. The number of hydrogen-bond acceptors (Lipinski definition) is 4. The van der Waals surface area contributed by atoms with E-state index >= 15 is 0 Å². The lowest BCUT2D eigenvalue weighted by Gasteiger charge is -2.28. The zero-order valence-electron chi connectivity index (χ0n) is 18.3. The van der Waals surface area contributed by atoms with Crippen molar-refractivity contribution in [1.82, 2.24) is 19.7 Å². The molecule has 9 heteroatoms. The van der Waals surface area contributed by atoms with E-state index in [9.17, 15) is 18.0 Å². The maximum Gasteiger partial charge on any atom is 0.272 e. The lowest BCUT2D eigenvalue weighted by Crippen LogP contribution is -2.42. The third-order valence-electron chi connectivity index (χ3n) is 5.08. The van der Waals surface area contributed by atoms with Crippen molar-refractivity contribution in [3.05, 3.63) is 65.9 Å². The van der Waals surface area contributed by atoms with Gasteiger partial charge in [-0.25, -0.2) is 18.2 Å². The van der Waals surface area contributed by atoms with E-state index in [-0.39, 0.29) is 18.4 Å². The Labute approximate surface area is 184 Å². The molecular weight excluding hydrogens is 421 g/mol. The van der Waals surface area contributed by atoms with Crippen LogP contribution in [-0.4, -0.2) is 44.8 Å². The van der Waals surface area contributed by atoms with Gasteiger partial charge in [-0.15, -0.1) is 0 Å². The monoisotopic (exact) mass is 446 g/mol. The number of likely N-dealkylation sites (N-methyl/N-ethyl adjacent to an activating group) is 1. The zero-order chi connectivity index (χ0) is 23.5. The molecule has 6 nitrogen and oxygen atoms in total. The van der Waals surface area contributed by atoms with Crippen LogP contribution in [0, 0.1) is 5.82 Å². The van der Waals surface area contributed by atoms with Crippen molar-refractivity contribution in [3.8, 4) is 17.0 Å². The number of rotatable bonds is 8. The third kappa shape index (κ3) is 5.09. The Balaban J connectivity index is 1.76. The van der Waals surface area contributed by atoms with Crippen molar-refractivity contribution in [1.29, 1.82) is 0 Å². The number of hydrogen-bond donors (Lipinski definition) is 0. The molecule has 1 amide bonds. The molecule has 0 aliphatic carbocycles. The van der Waals surface area contributed by atoms with E-state index in [1.807, 2.05) is 25.3 Å². The van der Waals surface area contributed by atoms with Gasteiger partial charge in [0.15, 0.2) is 5.82 Å². The van der Waals surface area contributed by atoms with Crippen molar-refractivity contribution < 1.29 is 22.7 Å². The van der Waals surface area contributed by atoms with Gasteiger partial charge in [0.25, 0.3) is 11.8 Å². The van der Waals surface area contributed by atoms with Gasteiger partial charge >= 0.3 is 0 Å². The van der Waals surface area contributed by atoms with Crippen LogP contribution in [0.1, 0.15) is 36.7 Å². The molecule has 170 valence electrons. The molecule has 2 heterocycles. The molecule has 1 atom stereocenters. The van der Waals surface area contributed by atoms with Gasteiger partial charge in [0.05, 0.1) is 12.2 Å². The van der Waals surface area contributed by atoms with E-state index in [0.717, 1.165) is 17.3 Å². The molecule has 0 aliphatic rings. The Morgan fingerprint density at radius 2 is 2.00 bits per heavy atom. The summed E-state index contributed by atoms with van der Waals surface area (Å²) in [4.78, 5) is 18.6. The molecular formula is C23H25F3N4O2. The lowest BCUT2D eigenvalue weighted by atomic mass is 10.0. The summed E-state index contributed by atoms with van der Waals surface area (Å²) in [6, 6.07) is 7.50. The van der Waals surface area contributed by atoms with Crippen LogP contribution in [0.15, 0.2) is 48.9 Å². The van der Waals surface area contributed by atoms with Crippen LogP contribution in [-0.2, 0) is 13.0 Å². The van der Waals surface area contributed by atoms with Gasteiger partial charge in [0.1, 0.15) is 6.61 Å². The fraction of sp³-hybridized carbons (Fsp3) is 0.348. The topological polar surface area (TPSA) is 60.2 Å². The fourth-order valence-electron chi connectivity index (χ4n) is 3.35. The minimum atomic E-state index is -3.20. The number of halogens is 3. The van der Waals surface area contributed by atoms with Gasteiger partial charge in [0.2, 0.25) is 5.88 Å². The van der Waals surface area contributed by atoms with Crippen molar-refractivity contribution >= 4 is 5.91 Å². The molecule has 0 radical (unpaired) electrons. The Kier molecular flexibility index (Phi) is 6.86. The molecule has 0 aliphatic heterocycles. The molecule has 0 unspecified atom stereocenters. The van der Waals surface area contributed by atoms with Crippen LogP contribution in [0.25, 0.3) is 11.1 Å². The quantitative estimate of drug-likeness (QED) is 0.505. The maximum absolute atomic E-state index is 14.2. The van der Waals surface area contributed by atoms with Gasteiger partial charge in [-0.2, -0.15) is 5.10 Å². The normalized spacial score (nSPS) is 12.5. The second-order valence-corrected chi connectivity index (χ2v) is 7.60. The summed E-state index contributed by atoms with van der Waals surface area (Å²) in [5.74, 6) is -4.78. The average Bonchev–Trinajstić information content (AvgIpc) is 3.18. The van der Waals surface area contributed by atoms with E-state index in [2.05, 4.69) is 10.1 Å². The summed E-state index contributed by atoms with van der Waals surface area (Å²) in [6.07, 6.45) is 4.40. The summed E-state index contributed by atoms with van der Waals surface area (Å²) in [6.45, 7) is 4.60. The van der Waals surface area contributed by atoms with Crippen LogP contribution < -0.4 is 4.74 Å². The van der Waals surface area contributed by atoms with E-state index in [1.54, 1.807) is 41.9 Å². The van der Waals surface area contributed by atoms with Crippen molar-refractivity contribution in [2.75, 3.05) is 13.2 Å². The average molecular weight is 446 g/mol. The predicted octanol–water partition coefficient (Wildman–Crippen LogP) is 4.66. The summed E-state index contributed by atoms with van der Waals surface area (Å²) in [7, 11) is 1.80. The van der Waals surface area contributed by atoms with Crippen LogP contribution in [0.3, 0.4) is 0 Å². The van der Waals surface area contributed by atoms with Crippen molar-refractivity contribution in [2.24, 2.45) is 7.05 Å². The number of benzene rings is 1. The van der Waals surface area contributed by atoms with Crippen LogP contribution in [0.5, 0.6) is 5.88 Å². The minimum Gasteiger partial charge on any atom is -0.473 e. The highest BCUT2D eigenvalue weighted by Crippen LogP contribution is 2.29. The highest BCUT2D eigenvalue weighted by molar-refractivity contribution is 6.00. The van der Waals surface area contributed by atoms with Crippen molar-refractivity contribution in [3.63, 3.8) is 0 Å². The first-order chi connectivity index (χ1) is 15.1. The number of pyridine rings is 1. The molecule has 32 heavy (non-hydrogen) atoms. The molecule has 0 fully saturated rings. The Bertz CT molecular complexity index is 1090. The highest BCUT2D eigenvalue weighted by Gasteiger charge is 2.27. The Hall–Kier alpha value is -3.36. The van der Waals surface area contributed by atoms with Crippen molar-refractivity contribution in [2.45, 2.75) is 32.7 Å². The summed E-state index contributed by atoms with van der Waals surface area (Å²) >= 11 is 0. The van der Waals surface area contributed by atoms with E-state index in [1.165, 1.54) is 0 Å². The van der Waals surface area contributed by atoms with E-state index in [4.69, 9.17) is 4.74 Å². The van der Waals surface area contributed by atoms with Gasteiger partial charge in [0, 0.05) is 49.6 Å². The smallest absolute Gasteiger partial charge is 0.272 e. The summed E-state index contributed by atoms with van der Waals surface area (Å²) in [5, 5.41) is 4.17. The second kappa shape index (κ2) is 9.42. The molecule has 2 aromatic heterocycles. The number of aromatic nitrogens is 3. The number of aryl methyl sites for hydroxylation is 1. The summed E-state index contributed by atoms with van der Waals surface area (Å²) in [5.41, 5.74) is 1.54. The van der Waals surface area contributed by atoms with Gasteiger partial charge in [-0.05, 0) is 31.5 Å². The fourth-order valence-corrected chi connectivity index (χ4v) is 3.35. The Morgan fingerprint density at radius 1 is 1.28 bits per heavy atom. The van der Waals surface area contributed by atoms with Gasteiger partial charge < -0.3 is 9.64 Å². The zero-order valence-corrected chi connectivity index (χ0v) is 18.3. The third-order valence-corrected chi connectivity index (χ3v) is 5.08. The molecule has 3 rings (SSSR count). The SMILES string of the molecule is CCN(C(=O)c1ccccc1-c1cnn(C)c1)[C@@H](C)COc1ncc(C(C)(F)F)cc1F. The Morgan fingerprint density at radius 3 is 2.59 bits per heavy atom. The molecule has 0 N–H and O–H groups in total.